The van der Waals surface area contributed by atoms with Crippen LogP contribution in [-0.4, -0.2) is 26.0 Å². The van der Waals surface area contributed by atoms with Gasteiger partial charge >= 0.3 is 0 Å². The van der Waals surface area contributed by atoms with Gasteiger partial charge < -0.3 is 0 Å². The Hall–Kier alpha value is -0.500. The molecule has 0 spiro atoms. The normalized spacial score (nSPS) is 23.4. The van der Waals surface area contributed by atoms with Crippen molar-refractivity contribution in [1.29, 1.82) is 0 Å². The molecule has 1 saturated heterocycles. The van der Waals surface area contributed by atoms with E-state index in [1.54, 1.807) is 12.1 Å². The number of hydrogen-bond acceptors (Lipinski definition) is 4. The number of benzene rings is 1. The molecular formula is C12H16BrFN2O2S. The van der Waals surface area contributed by atoms with Gasteiger partial charge in [-0.1, -0.05) is 15.9 Å². The van der Waals surface area contributed by atoms with Gasteiger partial charge in [0, 0.05) is 10.5 Å². The van der Waals surface area contributed by atoms with E-state index in [-0.39, 0.29) is 29.3 Å². The summed E-state index contributed by atoms with van der Waals surface area (Å²) in [7, 11) is -2.96. The SMILES string of the molecule is NNC(Cc1cc(Br)ccc1F)C1CCS(=O)(=O)C1. The lowest BCUT2D eigenvalue weighted by molar-refractivity contribution is 0.381. The number of halogens is 2. The van der Waals surface area contributed by atoms with Crippen LogP contribution in [0.15, 0.2) is 22.7 Å². The van der Waals surface area contributed by atoms with Gasteiger partial charge in [-0.3, -0.25) is 11.3 Å². The zero-order valence-corrected chi connectivity index (χ0v) is 12.7. The Morgan fingerprint density at radius 3 is 2.84 bits per heavy atom. The summed E-state index contributed by atoms with van der Waals surface area (Å²) in [6.45, 7) is 0. The van der Waals surface area contributed by atoms with Crippen LogP contribution in [0.3, 0.4) is 0 Å². The van der Waals surface area contributed by atoms with E-state index in [1.807, 2.05) is 0 Å². The quantitative estimate of drug-likeness (QED) is 0.635. The number of nitrogens with one attached hydrogen (secondary N) is 1. The van der Waals surface area contributed by atoms with Crippen molar-refractivity contribution in [3.05, 3.63) is 34.1 Å². The topological polar surface area (TPSA) is 72.2 Å². The summed E-state index contributed by atoms with van der Waals surface area (Å²) in [5.74, 6) is 5.45. The fraction of sp³-hybridized carbons (Fsp3) is 0.500. The van der Waals surface area contributed by atoms with Crippen molar-refractivity contribution in [2.24, 2.45) is 11.8 Å². The maximum Gasteiger partial charge on any atom is 0.150 e. The van der Waals surface area contributed by atoms with E-state index < -0.39 is 9.84 Å². The molecule has 0 saturated carbocycles. The summed E-state index contributed by atoms with van der Waals surface area (Å²) in [6.07, 6.45) is 0.953. The Kier molecular flexibility index (Phi) is 4.60. The molecule has 19 heavy (non-hydrogen) atoms. The molecule has 7 heteroatoms. The van der Waals surface area contributed by atoms with E-state index in [1.165, 1.54) is 6.07 Å². The Bertz CT molecular complexity index is 565. The summed E-state index contributed by atoms with van der Waals surface area (Å²) >= 11 is 3.30. The maximum atomic E-state index is 13.7. The zero-order chi connectivity index (χ0) is 14.0. The predicted molar refractivity (Wildman–Crippen MR) is 75.7 cm³/mol. The summed E-state index contributed by atoms with van der Waals surface area (Å²) in [5.41, 5.74) is 3.16. The fourth-order valence-electron chi connectivity index (χ4n) is 2.44. The molecule has 0 amide bonds. The first-order chi connectivity index (χ1) is 8.91. The second-order valence-electron chi connectivity index (χ2n) is 4.88. The van der Waals surface area contributed by atoms with E-state index in [4.69, 9.17) is 5.84 Å². The molecule has 4 nitrogen and oxygen atoms in total. The predicted octanol–water partition coefficient (Wildman–Crippen LogP) is 1.40. The van der Waals surface area contributed by atoms with Crippen LogP contribution < -0.4 is 11.3 Å². The number of sulfone groups is 1. The highest BCUT2D eigenvalue weighted by molar-refractivity contribution is 9.10. The van der Waals surface area contributed by atoms with Crippen molar-refractivity contribution >= 4 is 25.8 Å². The highest BCUT2D eigenvalue weighted by Gasteiger charge is 2.33. The Morgan fingerprint density at radius 1 is 1.53 bits per heavy atom. The van der Waals surface area contributed by atoms with Crippen molar-refractivity contribution in [2.75, 3.05) is 11.5 Å². The van der Waals surface area contributed by atoms with Gasteiger partial charge in [-0.15, -0.1) is 0 Å². The lowest BCUT2D eigenvalue weighted by Gasteiger charge is -2.22. The number of rotatable bonds is 4. The minimum absolute atomic E-state index is 0.0617. The van der Waals surface area contributed by atoms with Crippen LogP contribution in [0.5, 0.6) is 0 Å². The van der Waals surface area contributed by atoms with Gasteiger partial charge in [-0.05, 0) is 42.5 Å². The molecule has 0 aromatic heterocycles. The van der Waals surface area contributed by atoms with Crippen LogP contribution in [0, 0.1) is 11.7 Å². The van der Waals surface area contributed by atoms with E-state index in [9.17, 15) is 12.8 Å². The maximum absolute atomic E-state index is 13.7. The van der Waals surface area contributed by atoms with Gasteiger partial charge in [0.05, 0.1) is 11.5 Å². The molecule has 2 atom stereocenters. The Labute approximate surface area is 120 Å². The van der Waals surface area contributed by atoms with E-state index in [0.29, 0.717) is 18.4 Å². The molecule has 1 aromatic rings. The van der Waals surface area contributed by atoms with Crippen molar-refractivity contribution < 1.29 is 12.8 Å². The standard InChI is InChI=1S/C12H16BrFN2O2S/c13-10-1-2-11(14)9(5-10)6-12(16-15)8-3-4-19(17,18)7-8/h1-2,5,8,12,16H,3-4,6-7,15H2. The monoisotopic (exact) mass is 350 g/mol. The van der Waals surface area contributed by atoms with Gasteiger partial charge in [-0.2, -0.15) is 0 Å². The lowest BCUT2D eigenvalue weighted by atomic mass is 9.93. The average molecular weight is 351 g/mol. The molecule has 1 fully saturated rings. The first-order valence-electron chi connectivity index (χ1n) is 6.02. The summed E-state index contributed by atoms with van der Waals surface area (Å²) in [4.78, 5) is 0. The first-order valence-corrected chi connectivity index (χ1v) is 8.63. The summed E-state index contributed by atoms with van der Waals surface area (Å²) < 4.78 is 37.5. The number of hydrazine groups is 1. The molecule has 1 aromatic carbocycles. The molecule has 1 aliphatic rings. The molecular weight excluding hydrogens is 335 g/mol. The minimum atomic E-state index is -2.96. The van der Waals surface area contributed by atoms with Crippen molar-refractivity contribution in [3.8, 4) is 0 Å². The molecule has 1 heterocycles. The van der Waals surface area contributed by atoms with E-state index in [0.717, 1.165) is 4.47 Å². The first kappa shape index (κ1) is 14.9. The van der Waals surface area contributed by atoms with Crippen LogP contribution >= 0.6 is 15.9 Å². The Morgan fingerprint density at radius 2 is 2.26 bits per heavy atom. The van der Waals surface area contributed by atoms with Gasteiger partial charge in [-0.25, -0.2) is 12.8 Å². The van der Waals surface area contributed by atoms with Gasteiger partial charge in [0.2, 0.25) is 0 Å². The third kappa shape index (κ3) is 3.75. The van der Waals surface area contributed by atoms with Gasteiger partial charge in [0.1, 0.15) is 5.82 Å². The number of nitrogens with two attached hydrogens (primary N) is 1. The second kappa shape index (κ2) is 5.87. The van der Waals surface area contributed by atoms with Gasteiger partial charge in [0.15, 0.2) is 9.84 Å². The van der Waals surface area contributed by atoms with Crippen LogP contribution in [-0.2, 0) is 16.3 Å². The van der Waals surface area contributed by atoms with Crippen molar-refractivity contribution in [2.45, 2.75) is 18.9 Å². The largest absolute Gasteiger partial charge is 0.271 e. The van der Waals surface area contributed by atoms with Crippen molar-refractivity contribution in [1.82, 2.24) is 5.43 Å². The molecule has 3 N–H and O–H groups in total. The zero-order valence-electron chi connectivity index (χ0n) is 10.3. The molecule has 106 valence electrons. The van der Waals surface area contributed by atoms with Crippen molar-refractivity contribution in [3.63, 3.8) is 0 Å². The third-order valence-corrected chi connectivity index (χ3v) is 5.79. The molecule has 2 rings (SSSR count). The average Bonchev–Trinajstić information content (AvgIpc) is 2.70. The third-order valence-electron chi connectivity index (χ3n) is 3.50. The molecule has 0 aliphatic carbocycles. The highest BCUT2D eigenvalue weighted by Crippen LogP contribution is 2.25. The second-order valence-corrected chi connectivity index (χ2v) is 8.02. The molecule has 0 bridgehead atoms. The van der Waals surface area contributed by atoms with Crippen LogP contribution in [0.25, 0.3) is 0 Å². The number of hydrogen-bond donors (Lipinski definition) is 2. The van der Waals surface area contributed by atoms with E-state index >= 15 is 0 Å². The molecule has 1 aliphatic heterocycles. The van der Waals surface area contributed by atoms with Crippen LogP contribution in [0.1, 0.15) is 12.0 Å². The van der Waals surface area contributed by atoms with Crippen LogP contribution in [0.2, 0.25) is 0 Å². The summed E-state index contributed by atoms with van der Waals surface area (Å²) in [5, 5.41) is 0. The summed E-state index contributed by atoms with van der Waals surface area (Å²) in [6, 6.07) is 4.48. The smallest absolute Gasteiger partial charge is 0.150 e. The molecule has 0 radical (unpaired) electrons. The molecule has 2 unspecified atom stereocenters. The van der Waals surface area contributed by atoms with Gasteiger partial charge in [0.25, 0.3) is 0 Å². The highest BCUT2D eigenvalue weighted by atomic mass is 79.9. The fourth-order valence-corrected chi connectivity index (χ4v) is 4.73. The minimum Gasteiger partial charge on any atom is -0.271 e. The Balaban J connectivity index is 2.13. The van der Waals surface area contributed by atoms with Crippen LogP contribution in [0.4, 0.5) is 4.39 Å². The lowest BCUT2D eigenvalue weighted by Crippen LogP contribution is -2.43. The van der Waals surface area contributed by atoms with E-state index in [2.05, 4.69) is 21.4 Å².